The first-order valence-electron chi connectivity index (χ1n) is 9.83. The molecule has 156 valence electrons. The van der Waals surface area contributed by atoms with Crippen molar-refractivity contribution >= 4 is 12.2 Å². The average Bonchev–Trinajstić information content (AvgIpc) is 3.48. The molecule has 2 amide bonds. The number of hydrogen-bond acceptors (Lipinski definition) is 5. The van der Waals surface area contributed by atoms with Crippen LogP contribution in [-0.4, -0.2) is 53.5 Å². The van der Waals surface area contributed by atoms with Crippen molar-refractivity contribution in [3.8, 4) is 0 Å². The third-order valence-corrected chi connectivity index (χ3v) is 4.64. The van der Waals surface area contributed by atoms with Crippen molar-refractivity contribution in [1.82, 2.24) is 10.2 Å². The molecule has 2 rings (SSSR count). The molecule has 1 aliphatic rings. The highest BCUT2D eigenvalue weighted by molar-refractivity contribution is 5.70. The summed E-state index contributed by atoms with van der Waals surface area (Å²) in [5.41, 5.74) is 0.461. The normalized spacial score (nSPS) is 14.9. The van der Waals surface area contributed by atoms with Crippen molar-refractivity contribution in [2.45, 2.75) is 58.2 Å². The Morgan fingerprint density at radius 1 is 1.21 bits per heavy atom. The van der Waals surface area contributed by atoms with Gasteiger partial charge in [0.2, 0.25) is 0 Å². The summed E-state index contributed by atoms with van der Waals surface area (Å²) < 4.78 is 10.6. The minimum Gasteiger partial charge on any atom is -0.449 e. The first-order valence-corrected chi connectivity index (χ1v) is 9.83. The zero-order valence-corrected chi connectivity index (χ0v) is 17.0. The van der Waals surface area contributed by atoms with E-state index in [-0.39, 0.29) is 25.9 Å². The van der Waals surface area contributed by atoms with Crippen LogP contribution in [0.15, 0.2) is 30.3 Å². The van der Waals surface area contributed by atoms with Crippen molar-refractivity contribution in [2.75, 3.05) is 19.8 Å². The van der Waals surface area contributed by atoms with Gasteiger partial charge < -0.3 is 24.8 Å². The maximum Gasteiger partial charge on any atom is 0.410 e. The molecule has 1 unspecified atom stereocenters. The smallest absolute Gasteiger partial charge is 0.410 e. The van der Waals surface area contributed by atoms with Gasteiger partial charge in [0.1, 0.15) is 6.61 Å². The van der Waals surface area contributed by atoms with Crippen LogP contribution in [0.2, 0.25) is 0 Å². The molecule has 1 fully saturated rings. The van der Waals surface area contributed by atoms with Crippen LogP contribution in [0.4, 0.5) is 9.59 Å². The predicted molar refractivity (Wildman–Crippen MR) is 106 cm³/mol. The number of hydrogen-bond donors (Lipinski definition) is 2. The molecule has 28 heavy (non-hydrogen) atoms. The highest BCUT2D eigenvalue weighted by Crippen LogP contribution is 2.34. The lowest BCUT2D eigenvalue weighted by Crippen LogP contribution is -2.53. The Morgan fingerprint density at radius 3 is 2.46 bits per heavy atom. The van der Waals surface area contributed by atoms with Gasteiger partial charge in [-0.05, 0) is 45.1 Å². The van der Waals surface area contributed by atoms with E-state index in [1.54, 1.807) is 4.90 Å². The zero-order chi connectivity index (χ0) is 20.6. The molecule has 0 aliphatic heterocycles. The van der Waals surface area contributed by atoms with Crippen LogP contribution in [0.3, 0.4) is 0 Å². The number of nitrogens with one attached hydrogen (secondary N) is 1. The first-order chi connectivity index (χ1) is 13.3. The second-order valence-electron chi connectivity index (χ2n) is 8.12. The number of aliphatic hydroxyl groups is 1. The summed E-state index contributed by atoms with van der Waals surface area (Å²) in [6, 6.07) is 9.31. The quantitative estimate of drug-likeness (QED) is 0.630. The van der Waals surface area contributed by atoms with Crippen molar-refractivity contribution in [3.05, 3.63) is 35.9 Å². The lowest BCUT2D eigenvalue weighted by atomic mass is 10.0. The molecule has 1 aromatic rings. The Morgan fingerprint density at radius 2 is 1.89 bits per heavy atom. The topological polar surface area (TPSA) is 88.1 Å². The van der Waals surface area contributed by atoms with E-state index in [1.807, 2.05) is 51.1 Å². The van der Waals surface area contributed by atoms with Crippen LogP contribution < -0.4 is 5.32 Å². The van der Waals surface area contributed by atoms with Gasteiger partial charge in [-0.1, -0.05) is 30.3 Å². The Labute approximate surface area is 167 Å². The highest BCUT2D eigenvalue weighted by atomic mass is 16.6. The van der Waals surface area contributed by atoms with E-state index >= 15 is 0 Å². The van der Waals surface area contributed by atoms with Crippen LogP contribution >= 0.6 is 0 Å². The molecule has 0 saturated heterocycles. The number of benzene rings is 1. The number of alkyl carbamates (subject to hydrolysis) is 1. The Kier molecular flexibility index (Phi) is 8.11. The molecule has 2 N–H and O–H groups in total. The molecule has 0 aromatic heterocycles. The van der Waals surface area contributed by atoms with E-state index in [1.165, 1.54) is 0 Å². The van der Waals surface area contributed by atoms with E-state index in [9.17, 15) is 9.59 Å². The molecular weight excluding hydrogens is 360 g/mol. The third-order valence-electron chi connectivity index (χ3n) is 4.64. The van der Waals surface area contributed by atoms with Gasteiger partial charge in [-0.25, -0.2) is 9.59 Å². The minimum absolute atomic E-state index is 0.0255. The summed E-state index contributed by atoms with van der Waals surface area (Å²) in [5.74, 6) is 0.333. The van der Waals surface area contributed by atoms with Gasteiger partial charge in [0, 0.05) is 25.1 Å². The molecule has 1 saturated carbocycles. The summed E-state index contributed by atoms with van der Waals surface area (Å²) in [5, 5.41) is 11.8. The lowest BCUT2D eigenvalue weighted by molar-refractivity contribution is 0.0558. The predicted octanol–water partition coefficient (Wildman–Crippen LogP) is 3.31. The van der Waals surface area contributed by atoms with Crippen LogP contribution in [0.25, 0.3) is 0 Å². The summed E-state index contributed by atoms with van der Waals surface area (Å²) in [7, 11) is 0. The molecule has 1 atom stereocenters. The summed E-state index contributed by atoms with van der Waals surface area (Å²) in [4.78, 5) is 26.4. The van der Waals surface area contributed by atoms with Gasteiger partial charge in [0.25, 0.3) is 0 Å². The summed E-state index contributed by atoms with van der Waals surface area (Å²) >= 11 is 0. The van der Waals surface area contributed by atoms with Crippen LogP contribution in [0, 0.1) is 5.92 Å². The van der Waals surface area contributed by atoms with Gasteiger partial charge in [-0.15, -0.1) is 0 Å². The highest BCUT2D eigenvalue weighted by Gasteiger charge is 2.38. The summed E-state index contributed by atoms with van der Waals surface area (Å²) in [6.07, 6.45) is 1.51. The molecule has 1 aromatic carbocycles. The van der Waals surface area contributed by atoms with Crippen molar-refractivity contribution in [2.24, 2.45) is 5.92 Å². The van der Waals surface area contributed by atoms with Crippen molar-refractivity contribution in [1.29, 1.82) is 0 Å². The molecule has 0 bridgehead atoms. The van der Waals surface area contributed by atoms with Gasteiger partial charge >= 0.3 is 12.2 Å². The molecule has 0 spiro atoms. The van der Waals surface area contributed by atoms with E-state index < -0.39 is 17.7 Å². The second kappa shape index (κ2) is 10.3. The fraction of sp³-hybridized carbons (Fsp3) is 0.619. The Bertz CT molecular complexity index is 625. The van der Waals surface area contributed by atoms with E-state index in [0.29, 0.717) is 18.9 Å². The van der Waals surface area contributed by atoms with Gasteiger partial charge in [0.05, 0.1) is 12.6 Å². The average molecular weight is 392 g/mol. The number of rotatable bonds is 9. The van der Waals surface area contributed by atoms with E-state index in [4.69, 9.17) is 14.6 Å². The van der Waals surface area contributed by atoms with Crippen molar-refractivity contribution < 1.29 is 24.2 Å². The minimum atomic E-state index is -0.483. The fourth-order valence-corrected chi connectivity index (χ4v) is 2.85. The van der Waals surface area contributed by atoms with Gasteiger partial charge in [-0.2, -0.15) is 0 Å². The van der Waals surface area contributed by atoms with Crippen molar-refractivity contribution in [3.63, 3.8) is 0 Å². The maximum absolute atomic E-state index is 12.5. The third kappa shape index (κ3) is 7.38. The Balaban J connectivity index is 1.93. The zero-order valence-electron chi connectivity index (χ0n) is 17.0. The van der Waals surface area contributed by atoms with Crippen LogP contribution in [0.5, 0.6) is 0 Å². The van der Waals surface area contributed by atoms with Crippen LogP contribution in [0.1, 0.15) is 45.6 Å². The summed E-state index contributed by atoms with van der Waals surface area (Å²) in [6.45, 7) is 6.49. The molecule has 1 aliphatic carbocycles. The Hall–Kier alpha value is -2.28. The maximum atomic E-state index is 12.5. The van der Waals surface area contributed by atoms with Gasteiger partial charge in [-0.3, -0.25) is 0 Å². The standard InChI is InChI=1S/C21H32N2O5/c1-21(2,3)23(20(26)27-13-7-12-24)14-18(17-10-11-17)22-19(25)28-15-16-8-5-4-6-9-16/h4-6,8-9,17-18,24H,7,10-15H2,1-3H3,(H,22,25). The number of carbonyl (C=O) groups is 2. The molecule has 7 heteroatoms. The lowest BCUT2D eigenvalue weighted by Gasteiger charge is -2.37. The van der Waals surface area contributed by atoms with Crippen LogP contribution in [-0.2, 0) is 16.1 Å². The van der Waals surface area contributed by atoms with Gasteiger partial charge in [0.15, 0.2) is 0 Å². The number of aliphatic hydroxyl groups excluding tert-OH is 1. The molecule has 0 radical (unpaired) electrons. The first kappa shape index (κ1) is 22.0. The largest absolute Gasteiger partial charge is 0.449 e. The SMILES string of the molecule is CC(C)(C)N(CC(NC(=O)OCc1ccccc1)C1CC1)C(=O)OCCCO. The number of ether oxygens (including phenoxy) is 2. The van der Waals surface area contributed by atoms with E-state index in [0.717, 1.165) is 18.4 Å². The number of nitrogens with zero attached hydrogens (tertiary/aromatic N) is 1. The number of amides is 2. The fourth-order valence-electron chi connectivity index (χ4n) is 2.85. The number of carbonyl (C=O) groups excluding carboxylic acids is 2. The molecule has 7 nitrogen and oxygen atoms in total. The molecule has 0 heterocycles. The van der Waals surface area contributed by atoms with E-state index in [2.05, 4.69) is 5.32 Å². The monoisotopic (exact) mass is 392 g/mol. The second-order valence-corrected chi connectivity index (χ2v) is 8.12. The molecular formula is C21H32N2O5.